The first-order valence-electron chi connectivity index (χ1n) is 18.0. The molecule has 6 heteroatoms. The SMILES string of the molecule is CC(C)(C)Cc1cc2c3c(nccc3c1)-c1[c-]c3ccc(F)cc3c(CC(C)(C)C)c1S2.CCC(C)(CC)C(=O)/C=C(\O)C(C)(CC)CC.[Ir]. The topological polar surface area (TPSA) is 50.2 Å². The first-order chi connectivity index (χ1) is 22.8. The fourth-order valence-electron chi connectivity index (χ4n) is 6.44. The average molecular weight is 875 g/mol. The van der Waals surface area contributed by atoms with Crippen LogP contribution < -0.4 is 0 Å². The molecular weight excluding hydrogens is 818 g/mol. The van der Waals surface area contributed by atoms with Crippen molar-refractivity contribution >= 4 is 39.1 Å². The van der Waals surface area contributed by atoms with Gasteiger partial charge in [0.05, 0.1) is 0 Å². The van der Waals surface area contributed by atoms with Crippen LogP contribution in [0.4, 0.5) is 4.39 Å². The standard InChI is InChI=1S/C29H29FNS.C15H28O2.Ir/c1-28(2,3)15-17-11-19-9-10-31-26-22-13-18-7-8-20(30)14-21(18)23(16-29(4,5)6)27(22)32-24(12-17)25(19)26;1-7-14(5,8-2)12(16)11-13(17)15(6,9-3)10-4;/h7-12,14H,15-16H2,1-6H3;11,16H,7-10H2,1-6H3;/q-1;;/b;12-11-;. The van der Waals surface area contributed by atoms with E-state index < -0.39 is 0 Å². The van der Waals surface area contributed by atoms with Crippen molar-refractivity contribution in [3.63, 3.8) is 0 Å². The maximum Gasteiger partial charge on any atom is 0.164 e. The Morgan fingerprint density at radius 2 is 1.46 bits per heavy atom. The van der Waals surface area contributed by atoms with Crippen molar-refractivity contribution in [3.05, 3.63) is 77.4 Å². The van der Waals surface area contributed by atoms with Crippen LogP contribution in [0.1, 0.15) is 120 Å². The Labute approximate surface area is 318 Å². The van der Waals surface area contributed by atoms with Crippen LogP contribution in [-0.4, -0.2) is 15.9 Å². The van der Waals surface area contributed by atoms with Gasteiger partial charge in [0.2, 0.25) is 0 Å². The second-order valence-electron chi connectivity index (χ2n) is 16.9. The number of hydrogen-bond donors (Lipinski definition) is 1. The number of rotatable bonds is 9. The van der Waals surface area contributed by atoms with Crippen LogP contribution >= 0.6 is 11.8 Å². The minimum absolute atomic E-state index is 0. The normalized spacial score (nSPS) is 13.4. The van der Waals surface area contributed by atoms with Gasteiger partial charge in [0, 0.05) is 53.8 Å². The largest absolute Gasteiger partial charge is 0.512 e. The van der Waals surface area contributed by atoms with Gasteiger partial charge in [0.25, 0.3) is 0 Å². The monoisotopic (exact) mass is 875 g/mol. The first kappa shape index (κ1) is 41.9. The van der Waals surface area contributed by atoms with E-state index in [-0.39, 0.29) is 59.1 Å². The molecule has 273 valence electrons. The van der Waals surface area contributed by atoms with Crippen molar-refractivity contribution in [1.29, 1.82) is 0 Å². The quantitative estimate of drug-likeness (QED) is 0.0911. The summed E-state index contributed by atoms with van der Waals surface area (Å²) in [6.45, 7) is 25.6. The van der Waals surface area contributed by atoms with Gasteiger partial charge in [-0.1, -0.05) is 118 Å². The number of aliphatic hydroxyl groups is 1. The third-order valence-electron chi connectivity index (χ3n) is 10.4. The molecule has 50 heavy (non-hydrogen) atoms. The molecule has 0 atom stereocenters. The fourth-order valence-corrected chi connectivity index (χ4v) is 7.74. The second kappa shape index (κ2) is 16.0. The van der Waals surface area contributed by atoms with Crippen LogP contribution in [0.3, 0.4) is 0 Å². The molecule has 3 aromatic carbocycles. The third-order valence-corrected chi connectivity index (χ3v) is 11.6. The van der Waals surface area contributed by atoms with Crippen molar-refractivity contribution < 1.29 is 34.4 Å². The zero-order chi connectivity index (χ0) is 36.5. The van der Waals surface area contributed by atoms with Gasteiger partial charge >= 0.3 is 0 Å². The molecular formula is C44H57FIrNO2S-. The zero-order valence-corrected chi connectivity index (χ0v) is 35.5. The Morgan fingerprint density at radius 1 is 0.860 bits per heavy atom. The smallest absolute Gasteiger partial charge is 0.164 e. The summed E-state index contributed by atoms with van der Waals surface area (Å²) in [6, 6.07) is 15.4. The van der Waals surface area contributed by atoms with Crippen molar-refractivity contribution in [1.82, 2.24) is 4.98 Å². The van der Waals surface area contributed by atoms with Gasteiger partial charge < -0.3 is 5.11 Å². The van der Waals surface area contributed by atoms with Gasteiger partial charge in [0.1, 0.15) is 11.6 Å². The van der Waals surface area contributed by atoms with E-state index in [2.05, 4.69) is 65.8 Å². The number of fused-ring (bicyclic) bond motifs is 3. The molecule has 0 amide bonds. The number of nitrogens with zero attached hydrogens (tertiary/aromatic N) is 1. The van der Waals surface area contributed by atoms with E-state index in [1.54, 1.807) is 6.07 Å². The number of aliphatic hydroxyl groups excluding tert-OH is 1. The first-order valence-corrected chi connectivity index (χ1v) is 18.8. The zero-order valence-electron chi connectivity index (χ0n) is 32.3. The molecule has 1 N–H and O–H groups in total. The average Bonchev–Trinajstić information content (AvgIpc) is 3.03. The number of benzene rings is 3. The summed E-state index contributed by atoms with van der Waals surface area (Å²) in [5.41, 5.74) is 4.28. The van der Waals surface area contributed by atoms with Gasteiger partial charge in [0.15, 0.2) is 5.78 Å². The molecule has 0 saturated carbocycles. The number of carbonyl (C=O) groups excluding carboxylic acids is 1. The Kier molecular flexibility index (Phi) is 13.4. The maximum absolute atomic E-state index is 14.3. The Hall–Kier alpha value is -2.53. The van der Waals surface area contributed by atoms with Gasteiger partial charge in [-0.2, -0.15) is 0 Å². The Bertz CT molecular complexity index is 1870. The van der Waals surface area contributed by atoms with Crippen LogP contribution in [0, 0.1) is 33.5 Å². The third kappa shape index (κ3) is 9.27. The van der Waals surface area contributed by atoms with Crippen LogP contribution in [0.25, 0.3) is 32.8 Å². The molecule has 1 aromatic heterocycles. The maximum atomic E-state index is 14.3. The predicted molar refractivity (Wildman–Crippen MR) is 207 cm³/mol. The molecule has 0 aliphatic carbocycles. The van der Waals surface area contributed by atoms with Crippen molar-refractivity contribution in [2.45, 2.75) is 131 Å². The molecule has 4 aromatic rings. The number of carbonyl (C=O) groups is 1. The predicted octanol–water partition coefficient (Wildman–Crippen LogP) is 13.3. The molecule has 1 aliphatic heterocycles. The summed E-state index contributed by atoms with van der Waals surface area (Å²) in [5, 5.41) is 14.5. The van der Waals surface area contributed by atoms with Gasteiger partial charge in [-0.3, -0.25) is 9.78 Å². The molecule has 0 spiro atoms. The summed E-state index contributed by atoms with van der Waals surface area (Å²) in [5.74, 6) is 0.0867. The summed E-state index contributed by atoms with van der Waals surface area (Å²) in [4.78, 5) is 19.4. The number of hydrogen-bond acceptors (Lipinski definition) is 4. The number of halogens is 1. The van der Waals surface area contributed by atoms with Gasteiger partial charge in [-0.15, -0.1) is 29.3 Å². The fraction of sp³-hybridized carbons (Fsp3) is 0.500. The molecule has 0 fully saturated rings. The summed E-state index contributed by atoms with van der Waals surface area (Å²) < 4.78 is 14.3. The molecule has 0 bridgehead atoms. The van der Waals surface area contributed by atoms with E-state index in [1.165, 1.54) is 43.8 Å². The minimum atomic E-state index is -0.337. The number of pyridine rings is 1. The van der Waals surface area contributed by atoms with E-state index in [1.807, 2.05) is 65.6 Å². The Balaban J connectivity index is 0.000000323. The Morgan fingerprint density at radius 3 is 2.02 bits per heavy atom. The number of ketones is 1. The molecule has 3 nitrogen and oxygen atoms in total. The summed E-state index contributed by atoms with van der Waals surface area (Å²) in [6.07, 6.45) is 8.55. The van der Waals surface area contributed by atoms with Crippen molar-refractivity contribution in [3.8, 4) is 11.3 Å². The van der Waals surface area contributed by atoms with E-state index in [9.17, 15) is 14.3 Å². The molecule has 1 radical (unpaired) electrons. The van der Waals surface area contributed by atoms with Crippen LogP contribution in [0.15, 0.2) is 64.2 Å². The number of aromatic nitrogens is 1. The summed E-state index contributed by atoms with van der Waals surface area (Å²) in [7, 11) is 0. The summed E-state index contributed by atoms with van der Waals surface area (Å²) >= 11 is 1.81. The van der Waals surface area contributed by atoms with Gasteiger partial charge in [-0.25, -0.2) is 4.39 Å². The number of allylic oxidation sites excluding steroid dienone is 2. The van der Waals surface area contributed by atoms with Crippen LogP contribution in [0.5, 0.6) is 0 Å². The van der Waals surface area contributed by atoms with Crippen LogP contribution in [0.2, 0.25) is 0 Å². The van der Waals surface area contributed by atoms with Crippen molar-refractivity contribution in [2.75, 3.05) is 0 Å². The molecule has 0 unspecified atom stereocenters. The molecule has 1 aliphatic rings. The van der Waals surface area contributed by atoms with Gasteiger partial charge in [-0.05, 0) is 82.7 Å². The van der Waals surface area contributed by atoms with E-state index in [4.69, 9.17) is 4.98 Å². The molecule has 2 heterocycles. The second-order valence-corrected chi connectivity index (χ2v) is 17.9. The molecule has 0 saturated heterocycles. The van der Waals surface area contributed by atoms with E-state index in [0.717, 1.165) is 60.6 Å². The van der Waals surface area contributed by atoms with E-state index >= 15 is 0 Å². The molecule has 5 rings (SSSR count). The van der Waals surface area contributed by atoms with E-state index in [0.29, 0.717) is 0 Å². The van der Waals surface area contributed by atoms with Crippen molar-refractivity contribution in [2.24, 2.45) is 21.7 Å². The minimum Gasteiger partial charge on any atom is -0.512 e. The van der Waals surface area contributed by atoms with Crippen LogP contribution in [-0.2, 0) is 37.7 Å².